The molecule has 1 aliphatic heterocycles. The van der Waals surface area contributed by atoms with Crippen molar-refractivity contribution in [1.29, 1.82) is 0 Å². The molecule has 0 N–H and O–H groups in total. The van der Waals surface area contributed by atoms with Crippen LogP contribution in [0.1, 0.15) is 71.1 Å². The van der Waals surface area contributed by atoms with Crippen LogP contribution in [0.2, 0.25) is 5.02 Å². The smallest absolute Gasteiger partial charge is 0.334 e. The van der Waals surface area contributed by atoms with Crippen molar-refractivity contribution in [3.8, 4) is 5.75 Å². The number of hydrogen-bond acceptors (Lipinski definition) is 3. The molecular weight excluding hydrogens is 525 g/mol. The molecule has 0 fully saturated rings. The second-order valence-corrected chi connectivity index (χ2v) is 11.8. The Bertz CT molecular complexity index is 1590. The van der Waals surface area contributed by atoms with E-state index >= 15 is 0 Å². The summed E-state index contributed by atoms with van der Waals surface area (Å²) in [5.74, 6) is 0.0957. The molecular formula is C34H38ClFNO3+. The number of benzene rings is 3. The van der Waals surface area contributed by atoms with Crippen LogP contribution < -0.4 is 4.74 Å². The number of ether oxygens (including phenoxy) is 2. The van der Waals surface area contributed by atoms with Gasteiger partial charge in [-0.2, -0.15) is 0 Å². The van der Waals surface area contributed by atoms with Crippen molar-refractivity contribution < 1.29 is 23.2 Å². The van der Waals surface area contributed by atoms with Crippen LogP contribution in [0.4, 0.5) is 4.39 Å². The number of allylic oxidation sites excluding steroid dienone is 3. The van der Waals surface area contributed by atoms with Gasteiger partial charge in [-0.25, -0.2) is 13.8 Å². The van der Waals surface area contributed by atoms with Gasteiger partial charge in [-0.1, -0.05) is 29.8 Å². The maximum atomic E-state index is 13.7. The molecule has 0 amide bonds. The van der Waals surface area contributed by atoms with Gasteiger partial charge in [0.15, 0.2) is 11.4 Å². The van der Waals surface area contributed by atoms with Gasteiger partial charge in [0, 0.05) is 35.4 Å². The Labute approximate surface area is 241 Å². The van der Waals surface area contributed by atoms with E-state index < -0.39 is 5.60 Å². The third kappa shape index (κ3) is 6.00. The standard InChI is InChI=1S/C34H38ClFNO3/c1-20-27(16-17-29(35)31(20)32-22(3)37(8)23(32)4)26(21(2)33(38)40-34(5,6)7)12-10-18-39-30-13-9-11-24-19-25(36)14-15-28(24)30/h9,11,13-17,19H,10,12,18H2,1-8H3/q+1/b26-21+. The molecule has 0 bridgehead atoms. The molecule has 0 radical (unpaired) electrons. The van der Waals surface area contributed by atoms with Crippen LogP contribution in [0.3, 0.4) is 0 Å². The Hall–Kier alpha value is -3.44. The van der Waals surface area contributed by atoms with E-state index in [1.807, 2.05) is 65.1 Å². The van der Waals surface area contributed by atoms with E-state index in [1.54, 1.807) is 6.07 Å². The number of halogens is 2. The lowest BCUT2D eigenvalue weighted by atomic mass is 9.85. The summed E-state index contributed by atoms with van der Waals surface area (Å²) in [5.41, 5.74) is 7.37. The predicted molar refractivity (Wildman–Crippen MR) is 163 cm³/mol. The molecule has 3 aromatic rings. The molecule has 4 rings (SSSR count). The van der Waals surface area contributed by atoms with Crippen molar-refractivity contribution in [2.24, 2.45) is 0 Å². The average molecular weight is 563 g/mol. The fraction of sp³-hybridized carbons (Fsp3) is 0.353. The predicted octanol–water partition coefficient (Wildman–Crippen LogP) is 8.76. The van der Waals surface area contributed by atoms with Crippen LogP contribution in [0.25, 0.3) is 21.9 Å². The molecule has 40 heavy (non-hydrogen) atoms. The fourth-order valence-electron chi connectivity index (χ4n) is 5.25. The molecule has 0 spiro atoms. The summed E-state index contributed by atoms with van der Waals surface area (Å²) in [4.78, 5) is 13.2. The first-order valence-corrected chi connectivity index (χ1v) is 14.0. The second kappa shape index (κ2) is 11.6. The normalized spacial score (nSPS) is 14.3. The van der Waals surface area contributed by atoms with E-state index in [4.69, 9.17) is 21.1 Å². The van der Waals surface area contributed by atoms with Gasteiger partial charge in [0.1, 0.15) is 29.8 Å². The highest BCUT2D eigenvalue weighted by Gasteiger charge is 2.34. The van der Waals surface area contributed by atoms with Crippen molar-refractivity contribution in [2.75, 3.05) is 13.7 Å². The van der Waals surface area contributed by atoms with Crippen molar-refractivity contribution in [3.63, 3.8) is 0 Å². The van der Waals surface area contributed by atoms with Gasteiger partial charge in [0.05, 0.1) is 6.61 Å². The van der Waals surface area contributed by atoms with E-state index in [9.17, 15) is 9.18 Å². The minimum atomic E-state index is -0.606. The Morgan fingerprint density at radius 1 is 1.05 bits per heavy atom. The van der Waals surface area contributed by atoms with Crippen molar-refractivity contribution in [3.05, 3.63) is 87.3 Å². The zero-order chi connectivity index (χ0) is 29.4. The Morgan fingerprint density at radius 2 is 1.77 bits per heavy atom. The largest absolute Gasteiger partial charge is 0.493 e. The molecule has 1 aliphatic rings. The molecule has 210 valence electrons. The maximum Gasteiger partial charge on any atom is 0.334 e. The summed E-state index contributed by atoms with van der Waals surface area (Å²) in [6.07, 6.45) is 1.27. The third-order valence-electron chi connectivity index (χ3n) is 7.51. The van der Waals surface area contributed by atoms with Crippen LogP contribution in [-0.2, 0) is 9.53 Å². The van der Waals surface area contributed by atoms with Crippen LogP contribution in [0, 0.1) is 12.7 Å². The van der Waals surface area contributed by atoms with E-state index in [0.717, 1.165) is 50.0 Å². The number of fused-ring (bicyclic) bond motifs is 1. The van der Waals surface area contributed by atoms with Gasteiger partial charge >= 0.3 is 5.97 Å². The topological polar surface area (TPSA) is 38.5 Å². The molecule has 4 nitrogen and oxygen atoms in total. The number of carbonyl (C=O) groups is 1. The highest BCUT2D eigenvalue weighted by atomic mass is 35.5. The van der Waals surface area contributed by atoms with Gasteiger partial charge in [0.2, 0.25) is 0 Å². The summed E-state index contributed by atoms with van der Waals surface area (Å²) >= 11 is 6.76. The average Bonchev–Trinajstić information content (AvgIpc) is 2.89. The molecule has 0 saturated heterocycles. The van der Waals surface area contributed by atoms with Crippen molar-refractivity contribution in [2.45, 2.75) is 66.9 Å². The van der Waals surface area contributed by atoms with Gasteiger partial charge < -0.3 is 9.47 Å². The second-order valence-electron chi connectivity index (χ2n) is 11.4. The Kier molecular flexibility index (Phi) is 8.55. The molecule has 6 heteroatoms. The number of hydrogen-bond donors (Lipinski definition) is 0. The third-order valence-corrected chi connectivity index (χ3v) is 7.82. The first kappa shape index (κ1) is 29.5. The van der Waals surface area contributed by atoms with Crippen LogP contribution in [0.5, 0.6) is 5.75 Å². The van der Waals surface area contributed by atoms with Gasteiger partial charge in [-0.3, -0.25) is 0 Å². The van der Waals surface area contributed by atoms with E-state index in [0.29, 0.717) is 35.8 Å². The van der Waals surface area contributed by atoms with Crippen molar-refractivity contribution in [1.82, 2.24) is 0 Å². The first-order chi connectivity index (χ1) is 18.8. The van der Waals surface area contributed by atoms with Gasteiger partial charge in [-0.05, 0) is 99.9 Å². The number of nitrogens with zero attached hydrogens (tertiary/aromatic N) is 1. The summed E-state index contributed by atoms with van der Waals surface area (Å²) < 4.78 is 27.7. The molecule has 1 heterocycles. The number of esters is 1. The quantitative estimate of drug-likeness (QED) is 0.119. The highest BCUT2D eigenvalue weighted by molar-refractivity contribution is 6.36. The molecule has 0 unspecified atom stereocenters. The number of carbonyl (C=O) groups excluding carboxylic acids is 1. The lowest BCUT2D eigenvalue weighted by Crippen LogP contribution is -2.27. The first-order valence-electron chi connectivity index (χ1n) is 13.6. The minimum Gasteiger partial charge on any atom is -0.493 e. The highest BCUT2D eigenvalue weighted by Crippen LogP contribution is 2.39. The fourth-order valence-corrected chi connectivity index (χ4v) is 5.55. The summed E-state index contributed by atoms with van der Waals surface area (Å²) in [6.45, 7) is 14.1. The van der Waals surface area contributed by atoms with Crippen LogP contribution in [-0.4, -0.2) is 35.5 Å². The molecule has 3 aromatic carbocycles. The molecule has 0 saturated carbocycles. The maximum absolute atomic E-state index is 13.7. The number of rotatable bonds is 8. The molecule has 0 aromatic heterocycles. The lowest BCUT2D eigenvalue weighted by molar-refractivity contribution is -0.451. The van der Waals surface area contributed by atoms with E-state index in [1.165, 1.54) is 12.1 Å². The Balaban J connectivity index is 1.66. The van der Waals surface area contributed by atoms with Crippen LogP contribution >= 0.6 is 11.6 Å². The SMILES string of the molecule is CC1=C(c2c(Cl)ccc(/C(CCCOc3cccc4cc(F)ccc34)=C(\C)C(=O)OC(C)(C)C)c2C)C(C)=[N+]1C. The van der Waals surface area contributed by atoms with Gasteiger partial charge in [0.25, 0.3) is 0 Å². The summed E-state index contributed by atoms with van der Waals surface area (Å²) in [5, 5.41) is 2.35. The monoisotopic (exact) mass is 562 g/mol. The molecule has 0 atom stereocenters. The summed E-state index contributed by atoms with van der Waals surface area (Å²) in [6, 6.07) is 14.2. The van der Waals surface area contributed by atoms with Crippen LogP contribution in [0.15, 0.2) is 59.8 Å². The summed E-state index contributed by atoms with van der Waals surface area (Å²) in [7, 11) is 2.05. The van der Waals surface area contributed by atoms with E-state index in [-0.39, 0.29) is 11.8 Å². The van der Waals surface area contributed by atoms with E-state index in [2.05, 4.69) is 25.3 Å². The van der Waals surface area contributed by atoms with Crippen molar-refractivity contribution >= 4 is 45.2 Å². The molecule has 0 aliphatic carbocycles. The zero-order valence-electron chi connectivity index (χ0n) is 24.7. The van der Waals surface area contributed by atoms with Gasteiger partial charge in [-0.15, -0.1) is 0 Å². The lowest BCUT2D eigenvalue weighted by Gasteiger charge is -2.24. The Morgan fingerprint density at radius 3 is 2.45 bits per heavy atom. The minimum absolute atomic E-state index is 0.276. The zero-order valence-corrected chi connectivity index (χ0v) is 25.4.